The monoisotopic (exact) mass is 297 g/mol. The van der Waals surface area contributed by atoms with E-state index in [4.69, 9.17) is 4.74 Å². The van der Waals surface area contributed by atoms with Crippen molar-refractivity contribution in [2.75, 3.05) is 19.6 Å². The number of amides is 3. The second-order valence-corrected chi connectivity index (χ2v) is 5.89. The van der Waals surface area contributed by atoms with Gasteiger partial charge in [0.05, 0.1) is 6.04 Å². The standard InChI is InChI=1S/C14H23N3O4/c1-5-11(18)15-7-6-12(19)16-10-8-17(9-10)13(20)21-14(2,3)4/h5,10H,1,6-9H2,2-4H3,(H,15,18)(H,16,19). The molecule has 0 bridgehead atoms. The molecule has 1 rings (SSSR count). The average molecular weight is 297 g/mol. The molecule has 7 nitrogen and oxygen atoms in total. The minimum Gasteiger partial charge on any atom is -0.444 e. The molecule has 0 aliphatic carbocycles. The van der Waals surface area contributed by atoms with Crippen molar-refractivity contribution in [3.8, 4) is 0 Å². The Labute approximate surface area is 124 Å². The number of likely N-dealkylation sites (tertiary alicyclic amines) is 1. The van der Waals surface area contributed by atoms with Crippen molar-refractivity contribution >= 4 is 17.9 Å². The maximum Gasteiger partial charge on any atom is 0.410 e. The molecule has 0 atom stereocenters. The lowest BCUT2D eigenvalue weighted by Gasteiger charge is -2.39. The highest BCUT2D eigenvalue weighted by Gasteiger charge is 2.34. The number of hydrogen-bond donors (Lipinski definition) is 2. The molecule has 1 fully saturated rings. The van der Waals surface area contributed by atoms with Crippen LogP contribution < -0.4 is 10.6 Å². The van der Waals surface area contributed by atoms with Crippen molar-refractivity contribution in [2.45, 2.75) is 38.8 Å². The summed E-state index contributed by atoms with van der Waals surface area (Å²) in [6.45, 7) is 9.89. The molecular weight excluding hydrogens is 274 g/mol. The van der Waals surface area contributed by atoms with E-state index in [0.717, 1.165) is 6.08 Å². The summed E-state index contributed by atoms with van der Waals surface area (Å²) in [6, 6.07) is -0.0554. The van der Waals surface area contributed by atoms with E-state index in [1.165, 1.54) is 4.90 Å². The molecule has 0 saturated carbocycles. The fraction of sp³-hybridized carbons (Fsp3) is 0.643. The maximum absolute atomic E-state index is 11.7. The van der Waals surface area contributed by atoms with E-state index in [2.05, 4.69) is 17.2 Å². The van der Waals surface area contributed by atoms with E-state index in [-0.39, 0.29) is 36.9 Å². The van der Waals surface area contributed by atoms with E-state index in [0.29, 0.717) is 13.1 Å². The van der Waals surface area contributed by atoms with E-state index in [1.54, 1.807) is 0 Å². The van der Waals surface area contributed by atoms with E-state index < -0.39 is 5.60 Å². The molecule has 1 aliphatic heterocycles. The molecule has 0 radical (unpaired) electrons. The van der Waals surface area contributed by atoms with Crippen LogP contribution in [-0.2, 0) is 14.3 Å². The summed E-state index contributed by atoms with van der Waals surface area (Å²) >= 11 is 0. The normalized spacial score (nSPS) is 14.9. The van der Waals surface area contributed by atoms with Crippen LogP contribution in [0.5, 0.6) is 0 Å². The van der Waals surface area contributed by atoms with Crippen molar-refractivity contribution < 1.29 is 19.1 Å². The zero-order valence-corrected chi connectivity index (χ0v) is 12.8. The Morgan fingerprint density at radius 3 is 2.48 bits per heavy atom. The number of rotatable bonds is 5. The SMILES string of the molecule is C=CC(=O)NCCC(=O)NC1CN(C(=O)OC(C)(C)C)C1. The van der Waals surface area contributed by atoms with Crippen LogP contribution in [0.15, 0.2) is 12.7 Å². The van der Waals surface area contributed by atoms with Crippen LogP contribution >= 0.6 is 0 Å². The third-order valence-electron chi connectivity index (χ3n) is 2.74. The molecule has 1 saturated heterocycles. The molecule has 0 aromatic heterocycles. The molecular formula is C14H23N3O4. The predicted octanol–water partition coefficient (Wildman–Crippen LogP) is 0.414. The molecule has 0 aromatic rings. The summed E-state index contributed by atoms with van der Waals surface area (Å²) in [6.07, 6.45) is 0.983. The number of ether oxygens (including phenoxy) is 1. The predicted molar refractivity (Wildman–Crippen MR) is 77.6 cm³/mol. The smallest absolute Gasteiger partial charge is 0.410 e. The van der Waals surface area contributed by atoms with Crippen LogP contribution in [0.4, 0.5) is 4.79 Å². The molecule has 2 N–H and O–H groups in total. The van der Waals surface area contributed by atoms with Crippen LogP contribution in [0, 0.1) is 0 Å². The highest BCUT2D eigenvalue weighted by atomic mass is 16.6. The number of carbonyl (C=O) groups is 3. The lowest BCUT2D eigenvalue weighted by atomic mass is 10.1. The summed E-state index contributed by atoms with van der Waals surface area (Å²) in [5.74, 6) is -0.462. The fourth-order valence-electron chi connectivity index (χ4n) is 1.72. The minimum absolute atomic E-state index is 0.0554. The van der Waals surface area contributed by atoms with Gasteiger partial charge in [0, 0.05) is 26.1 Å². The summed E-state index contributed by atoms with van der Waals surface area (Å²) in [4.78, 5) is 35.7. The largest absolute Gasteiger partial charge is 0.444 e. The molecule has 118 valence electrons. The molecule has 0 spiro atoms. The first kappa shape index (κ1) is 17.0. The van der Waals surface area contributed by atoms with Crippen LogP contribution in [0.3, 0.4) is 0 Å². The Kier molecular flexibility index (Phi) is 5.75. The Morgan fingerprint density at radius 2 is 1.95 bits per heavy atom. The van der Waals surface area contributed by atoms with Gasteiger partial charge in [-0.1, -0.05) is 6.58 Å². The third kappa shape index (κ3) is 6.29. The van der Waals surface area contributed by atoms with Crippen molar-refractivity contribution in [3.63, 3.8) is 0 Å². The number of nitrogens with one attached hydrogen (secondary N) is 2. The topological polar surface area (TPSA) is 87.7 Å². The van der Waals surface area contributed by atoms with Gasteiger partial charge in [-0.3, -0.25) is 9.59 Å². The quantitative estimate of drug-likeness (QED) is 0.720. The highest BCUT2D eigenvalue weighted by molar-refractivity contribution is 5.87. The van der Waals surface area contributed by atoms with Crippen molar-refractivity contribution in [1.29, 1.82) is 0 Å². The zero-order valence-electron chi connectivity index (χ0n) is 12.8. The molecule has 0 aromatic carbocycles. The van der Waals surface area contributed by atoms with Gasteiger partial charge in [-0.25, -0.2) is 4.79 Å². The first-order chi connectivity index (χ1) is 9.71. The second-order valence-electron chi connectivity index (χ2n) is 5.89. The Hall–Kier alpha value is -2.05. The van der Waals surface area contributed by atoms with E-state index in [1.807, 2.05) is 20.8 Å². The average Bonchev–Trinajstić information content (AvgIpc) is 2.30. The van der Waals surface area contributed by atoms with Gasteiger partial charge in [0.15, 0.2) is 0 Å². The fourth-order valence-corrected chi connectivity index (χ4v) is 1.72. The number of hydrogen-bond acceptors (Lipinski definition) is 4. The van der Waals surface area contributed by atoms with Crippen LogP contribution in [0.2, 0.25) is 0 Å². The van der Waals surface area contributed by atoms with Gasteiger partial charge in [-0.2, -0.15) is 0 Å². The van der Waals surface area contributed by atoms with Crippen molar-refractivity contribution in [3.05, 3.63) is 12.7 Å². The highest BCUT2D eigenvalue weighted by Crippen LogP contribution is 2.15. The minimum atomic E-state index is -0.519. The van der Waals surface area contributed by atoms with Gasteiger partial charge < -0.3 is 20.3 Å². The summed E-state index contributed by atoms with van der Waals surface area (Å²) in [5.41, 5.74) is -0.519. The molecule has 3 amide bonds. The van der Waals surface area contributed by atoms with Gasteiger partial charge in [0.2, 0.25) is 11.8 Å². The zero-order chi connectivity index (χ0) is 16.0. The van der Waals surface area contributed by atoms with E-state index in [9.17, 15) is 14.4 Å². The first-order valence-electron chi connectivity index (χ1n) is 6.89. The molecule has 21 heavy (non-hydrogen) atoms. The van der Waals surface area contributed by atoms with Crippen molar-refractivity contribution in [2.24, 2.45) is 0 Å². The van der Waals surface area contributed by atoms with Gasteiger partial charge in [0.25, 0.3) is 0 Å². The number of carbonyl (C=O) groups excluding carboxylic acids is 3. The van der Waals surface area contributed by atoms with Crippen LogP contribution in [0.1, 0.15) is 27.2 Å². The van der Waals surface area contributed by atoms with Gasteiger partial charge in [0.1, 0.15) is 5.60 Å². The molecule has 0 unspecified atom stereocenters. The third-order valence-corrected chi connectivity index (χ3v) is 2.74. The number of nitrogens with zero attached hydrogens (tertiary/aromatic N) is 1. The lowest BCUT2D eigenvalue weighted by molar-refractivity contribution is -0.123. The van der Waals surface area contributed by atoms with E-state index >= 15 is 0 Å². The Bertz CT molecular complexity index is 422. The molecule has 1 aliphatic rings. The second kappa shape index (κ2) is 7.10. The van der Waals surface area contributed by atoms with Gasteiger partial charge in [-0.05, 0) is 26.8 Å². The van der Waals surface area contributed by atoms with Crippen LogP contribution in [-0.4, -0.2) is 54.1 Å². The van der Waals surface area contributed by atoms with Crippen molar-refractivity contribution in [1.82, 2.24) is 15.5 Å². The van der Waals surface area contributed by atoms with Gasteiger partial charge >= 0.3 is 6.09 Å². The summed E-state index contributed by atoms with van der Waals surface area (Å²) in [7, 11) is 0. The summed E-state index contributed by atoms with van der Waals surface area (Å²) < 4.78 is 5.22. The Morgan fingerprint density at radius 1 is 1.33 bits per heavy atom. The van der Waals surface area contributed by atoms with Crippen LogP contribution in [0.25, 0.3) is 0 Å². The molecule has 1 heterocycles. The lowest BCUT2D eigenvalue weighted by Crippen LogP contribution is -2.61. The summed E-state index contributed by atoms with van der Waals surface area (Å²) in [5, 5.41) is 5.31. The molecule has 7 heteroatoms. The first-order valence-corrected chi connectivity index (χ1v) is 6.89. The maximum atomic E-state index is 11.7. The van der Waals surface area contributed by atoms with Gasteiger partial charge in [-0.15, -0.1) is 0 Å². The Balaban J connectivity index is 2.17.